The number of anilines is 2. The number of hydrogen-bond donors (Lipinski definition) is 4. The average Bonchev–Trinajstić information content (AvgIpc) is 2.66. The van der Waals surface area contributed by atoms with Gasteiger partial charge in [-0.15, -0.1) is 0 Å². The molecule has 2 aromatic carbocycles. The Balaban J connectivity index is 1.94. The lowest BCUT2D eigenvalue weighted by molar-refractivity contribution is 0.190. The van der Waals surface area contributed by atoms with E-state index >= 15 is 0 Å². The molecule has 0 spiro atoms. The van der Waals surface area contributed by atoms with Crippen LogP contribution in [0, 0.1) is 0 Å². The van der Waals surface area contributed by atoms with Crippen molar-refractivity contribution in [3.05, 3.63) is 53.6 Å². The van der Waals surface area contributed by atoms with Crippen molar-refractivity contribution >= 4 is 17.5 Å². The van der Waals surface area contributed by atoms with Crippen LogP contribution in [0.1, 0.15) is 38.3 Å². The maximum Gasteiger partial charge on any atom is 0.404 e. The summed E-state index contributed by atoms with van der Waals surface area (Å²) in [6.45, 7) is 8.68. The number of nitrogens with zero attached hydrogens (tertiary/aromatic N) is 1. The monoisotopic (exact) mass is 385 g/mol. The molecule has 0 aliphatic carbocycles. The molecule has 1 unspecified atom stereocenters. The fraction of sp³-hybridized carbons (Fsp3) is 0.409. The Kier molecular flexibility index (Phi) is 7.99. The molecule has 0 aliphatic rings. The Morgan fingerprint density at radius 1 is 1.11 bits per heavy atom. The van der Waals surface area contributed by atoms with Gasteiger partial charge in [-0.05, 0) is 69.0 Å². The van der Waals surface area contributed by atoms with Crippen LogP contribution in [0.5, 0.6) is 5.75 Å². The molecule has 0 aliphatic heterocycles. The first-order chi connectivity index (χ1) is 13.4. The minimum Gasteiger partial charge on any atom is -0.506 e. The molecule has 6 nitrogen and oxygen atoms in total. The first kappa shape index (κ1) is 21.4. The lowest BCUT2D eigenvalue weighted by Gasteiger charge is -2.21. The number of rotatable bonds is 10. The predicted molar refractivity (Wildman–Crippen MR) is 114 cm³/mol. The van der Waals surface area contributed by atoms with Crippen LogP contribution in [-0.4, -0.2) is 35.4 Å². The van der Waals surface area contributed by atoms with Gasteiger partial charge in [-0.25, -0.2) is 4.79 Å². The number of amides is 1. The summed E-state index contributed by atoms with van der Waals surface area (Å²) in [5, 5.41) is 24.8. The number of carboxylic acid groups (broad SMARTS) is 1. The smallest absolute Gasteiger partial charge is 0.404 e. The highest BCUT2D eigenvalue weighted by Gasteiger charge is 2.08. The molecule has 2 rings (SSSR count). The van der Waals surface area contributed by atoms with Crippen LogP contribution in [0.3, 0.4) is 0 Å². The van der Waals surface area contributed by atoms with Crippen molar-refractivity contribution in [3.8, 4) is 5.75 Å². The van der Waals surface area contributed by atoms with Crippen LogP contribution in [0.2, 0.25) is 0 Å². The zero-order valence-corrected chi connectivity index (χ0v) is 16.9. The molecule has 0 saturated carbocycles. The van der Waals surface area contributed by atoms with E-state index in [1.54, 1.807) is 6.07 Å². The summed E-state index contributed by atoms with van der Waals surface area (Å²) in [5.41, 5.74) is 4.02. The molecule has 1 amide bonds. The summed E-state index contributed by atoms with van der Waals surface area (Å²) < 4.78 is 0. The molecule has 0 fully saturated rings. The number of benzene rings is 2. The van der Waals surface area contributed by atoms with E-state index in [0.29, 0.717) is 25.1 Å². The molecule has 4 N–H and O–H groups in total. The maximum absolute atomic E-state index is 10.6. The number of hydrogen-bond acceptors (Lipinski definition) is 4. The van der Waals surface area contributed by atoms with Crippen LogP contribution in [0.25, 0.3) is 0 Å². The summed E-state index contributed by atoms with van der Waals surface area (Å²) in [5.74, 6) is 0.205. The van der Waals surface area contributed by atoms with Crippen molar-refractivity contribution in [2.24, 2.45) is 0 Å². The average molecular weight is 386 g/mol. The molecule has 152 valence electrons. The second-order valence-electron chi connectivity index (χ2n) is 6.94. The highest BCUT2D eigenvalue weighted by atomic mass is 16.4. The number of carbonyl (C=O) groups is 1. The van der Waals surface area contributed by atoms with Crippen LogP contribution in [0.4, 0.5) is 16.2 Å². The molecule has 28 heavy (non-hydrogen) atoms. The van der Waals surface area contributed by atoms with E-state index in [0.717, 1.165) is 24.2 Å². The van der Waals surface area contributed by atoms with Gasteiger partial charge in [-0.1, -0.05) is 18.2 Å². The van der Waals surface area contributed by atoms with Crippen LogP contribution < -0.4 is 15.5 Å². The van der Waals surface area contributed by atoms with Gasteiger partial charge in [0, 0.05) is 31.4 Å². The SMILES string of the molecule is CCN(CC)c1cccc(CNc2ccc(CCC(C)NC(=O)O)cc2O)c1. The first-order valence-electron chi connectivity index (χ1n) is 9.82. The van der Waals surface area contributed by atoms with E-state index in [1.807, 2.05) is 19.1 Å². The molecule has 0 saturated heterocycles. The number of phenolic OH excluding ortho intramolecular Hbond substituents is 1. The van der Waals surface area contributed by atoms with Gasteiger partial charge in [0.1, 0.15) is 5.75 Å². The summed E-state index contributed by atoms with van der Waals surface area (Å²) in [7, 11) is 0. The predicted octanol–water partition coefficient (Wildman–Crippen LogP) is 4.44. The van der Waals surface area contributed by atoms with E-state index in [9.17, 15) is 9.90 Å². The second-order valence-corrected chi connectivity index (χ2v) is 6.94. The van der Waals surface area contributed by atoms with E-state index in [1.165, 1.54) is 5.69 Å². The fourth-order valence-electron chi connectivity index (χ4n) is 3.20. The van der Waals surface area contributed by atoms with Crippen molar-refractivity contribution in [1.82, 2.24) is 5.32 Å². The first-order valence-corrected chi connectivity index (χ1v) is 9.82. The van der Waals surface area contributed by atoms with Gasteiger partial charge in [0.05, 0.1) is 5.69 Å². The van der Waals surface area contributed by atoms with Crippen molar-refractivity contribution in [2.75, 3.05) is 23.3 Å². The van der Waals surface area contributed by atoms with Gasteiger partial charge < -0.3 is 25.7 Å². The quantitative estimate of drug-likeness (QED) is 0.454. The van der Waals surface area contributed by atoms with E-state index in [4.69, 9.17) is 5.11 Å². The van der Waals surface area contributed by atoms with Crippen molar-refractivity contribution < 1.29 is 15.0 Å². The van der Waals surface area contributed by atoms with Gasteiger partial charge in [0.15, 0.2) is 0 Å². The van der Waals surface area contributed by atoms with E-state index < -0.39 is 6.09 Å². The molecule has 0 bridgehead atoms. The Hall–Kier alpha value is -2.89. The van der Waals surface area contributed by atoms with Crippen molar-refractivity contribution in [1.29, 1.82) is 0 Å². The third-order valence-corrected chi connectivity index (χ3v) is 4.82. The Morgan fingerprint density at radius 2 is 1.86 bits per heavy atom. The van der Waals surface area contributed by atoms with Crippen molar-refractivity contribution in [2.45, 2.75) is 46.2 Å². The molecule has 0 radical (unpaired) electrons. The van der Waals surface area contributed by atoms with Gasteiger partial charge in [-0.2, -0.15) is 0 Å². The molecule has 0 heterocycles. The standard InChI is InChI=1S/C22H31N3O3/c1-4-25(5-2)19-8-6-7-18(13-19)15-23-20-12-11-17(14-21(20)26)10-9-16(3)24-22(27)28/h6-8,11-14,16,23-24,26H,4-5,9-10,15H2,1-3H3,(H,27,28). The lowest BCUT2D eigenvalue weighted by Crippen LogP contribution is -2.31. The Morgan fingerprint density at radius 3 is 2.50 bits per heavy atom. The van der Waals surface area contributed by atoms with Gasteiger partial charge in [0.25, 0.3) is 0 Å². The lowest BCUT2D eigenvalue weighted by atomic mass is 10.1. The minimum absolute atomic E-state index is 0.129. The third kappa shape index (κ3) is 6.37. The molecule has 2 aromatic rings. The third-order valence-electron chi connectivity index (χ3n) is 4.82. The largest absolute Gasteiger partial charge is 0.506 e. The minimum atomic E-state index is -1.01. The molecular formula is C22H31N3O3. The molecular weight excluding hydrogens is 354 g/mol. The number of phenols is 1. The fourth-order valence-corrected chi connectivity index (χ4v) is 3.20. The summed E-state index contributed by atoms with van der Waals surface area (Å²) in [6, 6.07) is 13.8. The number of aryl methyl sites for hydroxylation is 1. The highest BCUT2D eigenvalue weighted by Crippen LogP contribution is 2.26. The maximum atomic E-state index is 10.6. The normalized spacial score (nSPS) is 11.7. The van der Waals surface area contributed by atoms with Crippen LogP contribution >= 0.6 is 0 Å². The summed E-state index contributed by atoms with van der Waals surface area (Å²) >= 11 is 0. The molecule has 6 heteroatoms. The summed E-state index contributed by atoms with van der Waals surface area (Å²) in [6.07, 6.45) is 0.359. The van der Waals surface area contributed by atoms with E-state index in [-0.39, 0.29) is 11.8 Å². The number of aromatic hydroxyl groups is 1. The van der Waals surface area contributed by atoms with Gasteiger partial charge >= 0.3 is 6.09 Å². The topological polar surface area (TPSA) is 84.8 Å². The van der Waals surface area contributed by atoms with Crippen LogP contribution in [0.15, 0.2) is 42.5 Å². The van der Waals surface area contributed by atoms with Gasteiger partial charge in [0.2, 0.25) is 0 Å². The molecule has 1 atom stereocenters. The van der Waals surface area contributed by atoms with Crippen molar-refractivity contribution in [3.63, 3.8) is 0 Å². The van der Waals surface area contributed by atoms with E-state index in [2.05, 4.69) is 53.6 Å². The number of nitrogens with one attached hydrogen (secondary N) is 2. The van der Waals surface area contributed by atoms with Crippen LogP contribution in [-0.2, 0) is 13.0 Å². The highest BCUT2D eigenvalue weighted by molar-refractivity contribution is 5.64. The Labute approximate surface area is 167 Å². The second kappa shape index (κ2) is 10.4. The summed E-state index contributed by atoms with van der Waals surface area (Å²) in [4.78, 5) is 12.9. The zero-order valence-electron chi connectivity index (χ0n) is 16.9. The van der Waals surface area contributed by atoms with Gasteiger partial charge in [-0.3, -0.25) is 0 Å². The Bertz CT molecular complexity index is 775. The zero-order chi connectivity index (χ0) is 20.5. The molecule has 0 aromatic heterocycles.